The van der Waals surface area contributed by atoms with Crippen LogP contribution in [0.25, 0.3) is 6.08 Å². The van der Waals surface area contributed by atoms with Gasteiger partial charge in [-0.1, -0.05) is 6.07 Å². The molecule has 0 atom stereocenters. The van der Waals surface area contributed by atoms with Crippen LogP contribution in [0.5, 0.6) is 17.2 Å². The highest BCUT2D eigenvalue weighted by Gasteiger charge is 2.28. The molecule has 216 valence electrons. The van der Waals surface area contributed by atoms with Crippen molar-refractivity contribution in [2.24, 2.45) is 0 Å². The lowest BCUT2D eigenvalue weighted by Crippen LogP contribution is -2.14. The molecule has 0 radical (unpaired) electrons. The van der Waals surface area contributed by atoms with E-state index >= 15 is 0 Å². The molecule has 0 unspecified atom stereocenters. The molecule has 3 aromatic rings. The van der Waals surface area contributed by atoms with E-state index in [0.29, 0.717) is 23.4 Å². The van der Waals surface area contributed by atoms with Crippen molar-refractivity contribution in [2.45, 2.75) is 31.9 Å². The van der Waals surface area contributed by atoms with Crippen LogP contribution in [0.2, 0.25) is 0 Å². The summed E-state index contributed by atoms with van der Waals surface area (Å²) in [5, 5.41) is 9.68. The Morgan fingerprint density at radius 1 is 0.878 bits per heavy atom. The summed E-state index contributed by atoms with van der Waals surface area (Å²) in [4.78, 5) is 36.1. The fourth-order valence-electron chi connectivity index (χ4n) is 3.71. The Kier molecular flexibility index (Phi) is 9.96. The highest BCUT2D eigenvalue weighted by molar-refractivity contribution is 5.93. The van der Waals surface area contributed by atoms with E-state index in [1.165, 1.54) is 49.6 Å². The molecule has 0 saturated carbocycles. The van der Waals surface area contributed by atoms with Crippen molar-refractivity contribution in [1.29, 1.82) is 0 Å². The monoisotopic (exact) mass is 572 g/mol. The van der Waals surface area contributed by atoms with Gasteiger partial charge in [-0.3, -0.25) is 4.79 Å². The van der Waals surface area contributed by atoms with Crippen molar-refractivity contribution in [3.63, 3.8) is 0 Å². The number of ether oxygens (including phenoxy) is 3. The van der Waals surface area contributed by atoms with Gasteiger partial charge in [0.05, 0.1) is 25.5 Å². The lowest BCUT2D eigenvalue weighted by Gasteiger charge is -2.11. The number of rotatable bonds is 11. The van der Waals surface area contributed by atoms with Crippen molar-refractivity contribution < 1.29 is 46.9 Å². The molecule has 5 N–H and O–H groups in total. The first kappa shape index (κ1) is 30.5. The maximum Gasteiger partial charge on any atom is 0.389 e. The Labute approximate surface area is 233 Å². The Hall–Kier alpha value is -5.00. The van der Waals surface area contributed by atoms with Gasteiger partial charge in [0.25, 0.3) is 0 Å². The van der Waals surface area contributed by atoms with E-state index in [0.717, 1.165) is 5.56 Å². The first-order valence-corrected chi connectivity index (χ1v) is 12.2. The number of nitrogens with two attached hydrogens (primary N) is 2. The zero-order chi connectivity index (χ0) is 30.2. The first-order chi connectivity index (χ1) is 19.3. The summed E-state index contributed by atoms with van der Waals surface area (Å²) < 4.78 is 52.3. The van der Waals surface area contributed by atoms with Crippen molar-refractivity contribution in [3.05, 3.63) is 82.9 Å². The summed E-state index contributed by atoms with van der Waals surface area (Å²) in [6.45, 7) is 0. The van der Waals surface area contributed by atoms with Crippen LogP contribution < -0.4 is 25.7 Å². The molecule has 0 aliphatic heterocycles. The molecule has 0 spiro atoms. The number of methoxy groups -OCH3 is 1. The molecular formula is C29H27F3N2O7. The average Bonchev–Trinajstić information content (AvgIpc) is 2.89. The van der Waals surface area contributed by atoms with E-state index in [9.17, 15) is 32.7 Å². The maximum atomic E-state index is 12.6. The first-order valence-electron chi connectivity index (χ1n) is 12.2. The molecule has 0 saturated heterocycles. The van der Waals surface area contributed by atoms with Crippen LogP contribution >= 0.6 is 0 Å². The Balaban J connectivity index is 1.67. The summed E-state index contributed by atoms with van der Waals surface area (Å²) in [5.74, 6) is -2.76. The number of hydrogen-bond acceptors (Lipinski definition) is 8. The predicted octanol–water partition coefficient (Wildman–Crippen LogP) is 5.43. The van der Waals surface area contributed by atoms with Gasteiger partial charge in [-0.2, -0.15) is 13.2 Å². The topological polar surface area (TPSA) is 151 Å². The molecule has 9 nitrogen and oxygen atoms in total. The molecule has 3 rings (SSSR count). The molecule has 12 heteroatoms. The predicted molar refractivity (Wildman–Crippen MR) is 145 cm³/mol. The summed E-state index contributed by atoms with van der Waals surface area (Å²) in [6, 6.07) is 14.6. The van der Waals surface area contributed by atoms with Crippen molar-refractivity contribution in [2.75, 3.05) is 18.6 Å². The zero-order valence-corrected chi connectivity index (χ0v) is 21.9. The standard InChI is InChI=1S/C29H27F3N2O7/c1-39-25-15-17(12-20(27(36)37)4-2-18-13-21(33)16-22(34)14-18)3-9-24(25)41-28(38)19-5-7-23(8-6-19)40-26(35)10-11-29(30,31)32/h3,5-9,12-16H,2,4,10-11,33-34H2,1H3,(H,36,37)/b20-12+. The lowest BCUT2D eigenvalue weighted by molar-refractivity contribution is -0.151. The minimum Gasteiger partial charge on any atom is -0.493 e. The molecule has 0 aliphatic rings. The third-order valence-electron chi connectivity index (χ3n) is 5.66. The molecule has 0 fully saturated rings. The van der Waals surface area contributed by atoms with Gasteiger partial charge < -0.3 is 30.8 Å². The number of nitrogen functional groups attached to an aromatic ring is 2. The molecule has 0 bridgehead atoms. The number of halogens is 3. The van der Waals surface area contributed by atoms with Gasteiger partial charge in [0.1, 0.15) is 5.75 Å². The molecular weight excluding hydrogens is 545 g/mol. The second kappa shape index (κ2) is 13.4. The second-order valence-corrected chi connectivity index (χ2v) is 8.90. The molecule has 0 aromatic heterocycles. The quantitative estimate of drug-likeness (QED) is 0.118. The van der Waals surface area contributed by atoms with E-state index in [1.54, 1.807) is 24.3 Å². The number of anilines is 2. The van der Waals surface area contributed by atoms with E-state index in [4.69, 9.17) is 25.7 Å². The average molecular weight is 573 g/mol. The third-order valence-corrected chi connectivity index (χ3v) is 5.66. The highest BCUT2D eigenvalue weighted by Crippen LogP contribution is 2.30. The Morgan fingerprint density at radius 3 is 2.12 bits per heavy atom. The van der Waals surface area contributed by atoms with Crippen molar-refractivity contribution in [1.82, 2.24) is 0 Å². The number of benzene rings is 3. The molecule has 41 heavy (non-hydrogen) atoms. The van der Waals surface area contributed by atoms with Crippen molar-refractivity contribution in [3.8, 4) is 17.2 Å². The fraction of sp³-hybridized carbons (Fsp3) is 0.207. The van der Waals surface area contributed by atoms with Gasteiger partial charge in [0.2, 0.25) is 0 Å². The molecule has 0 heterocycles. The molecule has 0 amide bonds. The van der Waals surface area contributed by atoms with E-state index < -0.39 is 36.9 Å². The van der Waals surface area contributed by atoms with Crippen LogP contribution in [0.1, 0.15) is 40.7 Å². The summed E-state index contributed by atoms with van der Waals surface area (Å²) in [5.41, 5.74) is 14.0. The number of alkyl halides is 3. The normalized spacial score (nSPS) is 11.6. The van der Waals surface area contributed by atoms with Gasteiger partial charge in [-0.15, -0.1) is 0 Å². The van der Waals surface area contributed by atoms with Crippen LogP contribution in [0.15, 0.2) is 66.2 Å². The van der Waals surface area contributed by atoms with E-state index in [-0.39, 0.29) is 34.8 Å². The van der Waals surface area contributed by atoms with Crippen LogP contribution in [0, 0.1) is 0 Å². The largest absolute Gasteiger partial charge is 0.493 e. The van der Waals surface area contributed by atoms with E-state index in [2.05, 4.69) is 0 Å². The van der Waals surface area contributed by atoms with Crippen LogP contribution in [0.4, 0.5) is 24.5 Å². The maximum absolute atomic E-state index is 12.6. The Morgan fingerprint density at radius 2 is 1.54 bits per heavy atom. The van der Waals surface area contributed by atoms with Gasteiger partial charge in [0, 0.05) is 16.9 Å². The number of carboxylic acids is 1. The number of aliphatic carboxylic acids is 1. The van der Waals surface area contributed by atoms with Crippen LogP contribution in [-0.4, -0.2) is 36.3 Å². The summed E-state index contributed by atoms with van der Waals surface area (Å²) in [7, 11) is 1.35. The molecule has 3 aromatic carbocycles. The van der Waals surface area contributed by atoms with Crippen LogP contribution in [0.3, 0.4) is 0 Å². The summed E-state index contributed by atoms with van der Waals surface area (Å²) in [6.07, 6.45) is -4.54. The van der Waals surface area contributed by atoms with Crippen molar-refractivity contribution >= 4 is 35.4 Å². The van der Waals surface area contributed by atoms with Gasteiger partial charge >= 0.3 is 24.1 Å². The smallest absolute Gasteiger partial charge is 0.389 e. The SMILES string of the molecule is COc1cc(/C=C(\CCc2cc(N)cc(N)c2)C(=O)O)ccc1OC(=O)c1ccc(OC(=O)CCC(F)(F)F)cc1. The van der Waals surface area contributed by atoms with Gasteiger partial charge in [0.15, 0.2) is 11.5 Å². The minimum atomic E-state index is -4.48. The number of carbonyl (C=O) groups is 3. The van der Waals surface area contributed by atoms with Crippen LogP contribution in [-0.2, 0) is 16.0 Å². The van der Waals surface area contributed by atoms with Gasteiger partial charge in [-0.25, -0.2) is 9.59 Å². The second-order valence-electron chi connectivity index (χ2n) is 8.90. The lowest BCUT2D eigenvalue weighted by atomic mass is 10.0. The molecule has 0 aliphatic carbocycles. The Bertz CT molecular complexity index is 1430. The number of aryl methyl sites for hydroxylation is 1. The summed E-state index contributed by atoms with van der Waals surface area (Å²) >= 11 is 0. The number of carbonyl (C=O) groups excluding carboxylic acids is 2. The number of esters is 2. The minimum absolute atomic E-state index is 0.0316. The fourth-order valence-corrected chi connectivity index (χ4v) is 3.71. The highest BCUT2D eigenvalue weighted by atomic mass is 19.4. The van der Waals surface area contributed by atoms with Gasteiger partial charge in [-0.05, 0) is 84.6 Å². The number of carboxylic acid groups (broad SMARTS) is 1. The number of hydrogen-bond donors (Lipinski definition) is 3. The van der Waals surface area contributed by atoms with E-state index in [1.807, 2.05) is 0 Å². The zero-order valence-electron chi connectivity index (χ0n) is 21.9. The third kappa shape index (κ3) is 9.60.